The van der Waals surface area contributed by atoms with Gasteiger partial charge in [0.1, 0.15) is 23.0 Å². The number of aliphatic imine (C=N–C) groups is 1. The number of rotatable bonds is 4. The maximum Gasteiger partial charge on any atom is 0.335 e. The molecule has 0 spiro atoms. The molecule has 2 aliphatic carbocycles. The molecule has 3 atom stereocenters. The Morgan fingerprint density at radius 3 is 2.73 bits per heavy atom. The molecule has 2 unspecified atom stereocenters. The third-order valence-corrected chi connectivity index (χ3v) is 6.69. The van der Waals surface area contributed by atoms with Crippen LogP contribution in [0.5, 0.6) is 5.75 Å². The third kappa shape index (κ3) is 4.36. The van der Waals surface area contributed by atoms with Crippen LogP contribution >= 0.6 is 0 Å². The van der Waals surface area contributed by atoms with Crippen molar-refractivity contribution in [3.05, 3.63) is 47.4 Å². The van der Waals surface area contributed by atoms with Crippen LogP contribution in [-0.4, -0.2) is 47.7 Å². The lowest BCUT2D eigenvalue weighted by atomic mass is 9.77. The number of ether oxygens (including phenoxy) is 1. The molecule has 7 nitrogen and oxygen atoms in total. The van der Waals surface area contributed by atoms with Gasteiger partial charge in [0.15, 0.2) is 0 Å². The number of aromatic carboxylic acids is 1. The molecule has 176 valence electrons. The van der Waals surface area contributed by atoms with Crippen molar-refractivity contribution in [3.8, 4) is 5.75 Å². The van der Waals surface area contributed by atoms with Gasteiger partial charge in [-0.15, -0.1) is 0 Å². The summed E-state index contributed by atoms with van der Waals surface area (Å²) in [6.45, 7) is 2.12. The molecule has 0 aromatic heterocycles. The molecule has 33 heavy (non-hydrogen) atoms. The van der Waals surface area contributed by atoms with Crippen molar-refractivity contribution in [2.45, 2.75) is 38.5 Å². The van der Waals surface area contributed by atoms with Gasteiger partial charge in [-0.3, -0.25) is 4.79 Å². The summed E-state index contributed by atoms with van der Waals surface area (Å²) in [6.07, 6.45) is 5.25. The number of carbonyl (C=O) groups excluding carboxylic acids is 1. The van der Waals surface area contributed by atoms with Gasteiger partial charge in [-0.2, -0.15) is 8.78 Å². The lowest BCUT2D eigenvalue weighted by Crippen LogP contribution is -2.46. The second-order valence-corrected chi connectivity index (χ2v) is 9.03. The monoisotopic (exact) mass is 459 g/mol. The predicted molar refractivity (Wildman–Crippen MR) is 119 cm³/mol. The molecule has 2 N–H and O–H groups in total. The zero-order valence-corrected chi connectivity index (χ0v) is 18.8. The first-order chi connectivity index (χ1) is 15.6. The average Bonchev–Trinajstić information content (AvgIpc) is 3.13. The highest BCUT2D eigenvalue weighted by Crippen LogP contribution is 2.47. The summed E-state index contributed by atoms with van der Waals surface area (Å²) in [5, 5.41) is 12.4. The molecule has 0 amide bonds. The van der Waals surface area contributed by atoms with Crippen LogP contribution in [0.3, 0.4) is 0 Å². The highest BCUT2D eigenvalue weighted by atomic mass is 19.3. The van der Waals surface area contributed by atoms with E-state index in [0.717, 1.165) is 19.3 Å². The number of methoxy groups -OCH3 is 1. The number of halogens is 2. The number of nitrogens with one attached hydrogen (secondary N) is 1. The molecule has 1 aliphatic heterocycles. The SMILES string of the molecule is COc1cc(C(=O)O)ccc1N=C1C=CN(C)C2=C(N1)C(C1CC[C@@H](C)C1)CC(F)(F)C2=O. The molecule has 1 aromatic rings. The fourth-order valence-electron chi connectivity index (χ4n) is 5.00. The average molecular weight is 459 g/mol. The van der Waals surface area contributed by atoms with Crippen LogP contribution < -0.4 is 10.1 Å². The highest BCUT2D eigenvalue weighted by molar-refractivity contribution is 6.05. The van der Waals surface area contributed by atoms with E-state index in [4.69, 9.17) is 4.74 Å². The van der Waals surface area contributed by atoms with E-state index in [-0.39, 0.29) is 22.9 Å². The van der Waals surface area contributed by atoms with Gasteiger partial charge in [0, 0.05) is 31.3 Å². The van der Waals surface area contributed by atoms with E-state index in [0.29, 0.717) is 23.1 Å². The Hall–Kier alpha value is -3.23. The molecule has 1 aromatic carbocycles. The minimum Gasteiger partial charge on any atom is -0.494 e. The topological polar surface area (TPSA) is 91.2 Å². The van der Waals surface area contributed by atoms with Gasteiger partial charge in [0.05, 0.1) is 12.7 Å². The molecule has 9 heteroatoms. The maximum atomic E-state index is 14.8. The first-order valence-electron chi connectivity index (χ1n) is 11.0. The first-order valence-corrected chi connectivity index (χ1v) is 11.0. The Morgan fingerprint density at radius 1 is 1.33 bits per heavy atom. The molecular formula is C24H27F2N3O4. The standard InChI is InChI=1S/C24H27F2N3O4/c1-13-4-5-14(10-13)16-12-24(25,26)22(30)21-20(16)28-19(8-9-29(21)2)27-17-7-6-15(23(31)32)11-18(17)33-3/h6-9,11,13-14,16H,4-5,10,12H2,1-3H3,(H,27,28)(H,31,32)/t13-,14?,16?/m1/s1. The van der Waals surface area contributed by atoms with Crippen molar-refractivity contribution in [2.24, 2.45) is 22.7 Å². The number of likely N-dealkylation sites (N-methyl/N-ethyl adjacent to an activating group) is 1. The molecule has 3 aliphatic rings. The molecule has 1 heterocycles. The van der Waals surface area contributed by atoms with Crippen LogP contribution in [0.4, 0.5) is 14.5 Å². The Morgan fingerprint density at radius 2 is 2.09 bits per heavy atom. The van der Waals surface area contributed by atoms with Gasteiger partial charge in [-0.25, -0.2) is 9.79 Å². The lowest BCUT2D eigenvalue weighted by Gasteiger charge is -2.37. The zero-order valence-electron chi connectivity index (χ0n) is 18.8. The number of carboxylic acid groups (broad SMARTS) is 1. The largest absolute Gasteiger partial charge is 0.494 e. The third-order valence-electron chi connectivity index (χ3n) is 6.69. The summed E-state index contributed by atoms with van der Waals surface area (Å²) < 4.78 is 34.8. The number of hydrogen-bond acceptors (Lipinski definition) is 5. The minimum atomic E-state index is -3.42. The second kappa shape index (κ2) is 8.61. The van der Waals surface area contributed by atoms with Gasteiger partial charge in [-0.1, -0.05) is 13.3 Å². The van der Waals surface area contributed by atoms with E-state index in [1.165, 1.54) is 36.4 Å². The molecule has 1 fully saturated rings. The summed E-state index contributed by atoms with van der Waals surface area (Å²) in [7, 11) is 2.99. The number of amidine groups is 1. The Labute approximate surface area is 190 Å². The molecule has 4 rings (SSSR count). The van der Waals surface area contributed by atoms with Crippen molar-refractivity contribution in [1.82, 2.24) is 10.2 Å². The fraction of sp³-hybridized carbons (Fsp3) is 0.458. The van der Waals surface area contributed by atoms with Gasteiger partial charge >= 0.3 is 11.9 Å². The number of carboxylic acids is 1. The van der Waals surface area contributed by atoms with Gasteiger partial charge < -0.3 is 20.1 Å². The zero-order chi connectivity index (χ0) is 23.9. The molecule has 0 bridgehead atoms. The summed E-state index contributed by atoms with van der Waals surface area (Å²) >= 11 is 0. The smallest absolute Gasteiger partial charge is 0.335 e. The number of hydrogen-bond donors (Lipinski definition) is 2. The number of benzene rings is 1. The molecule has 0 saturated heterocycles. The van der Waals surface area contributed by atoms with E-state index in [9.17, 15) is 23.5 Å². The van der Waals surface area contributed by atoms with E-state index in [2.05, 4.69) is 17.2 Å². The minimum absolute atomic E-state index is 0.0366. The van der Waals surface area contributed by atoms with Gasteiger partial charge in [0.2, 0.25) is 5.78 Å². The molecule has 1 saturated carbocycles. The summed E-state index contributed by atoms with van der Waals surface area (Å²) in [4.78, 5) is 29.9. The van der Waals surface area contributed by atoms with Gasteiger partial charge in [-0.05, 0) is 49.0 Å². The van der Waals surface area contributed by atoms with E-state index < -0.39 is 30.0 Å². The summed E-state index contributed by atoms with van der Waals surface area (Å²) in [5.41, 5.74) is 0.864. The Balaban J connectivity index is 1.76. The van der Waals surface area contributed by atoms with Crippen LogP contribution in [0.2, 0.25) is 0 Å². The van der Waals surface area contributed by atoms with Crippen molar-refractivity contribution < 1.29 is 28.2 Å². The Kier molecular flexibility index (Phi) is 5.99. The molecule has 0 radical (unpaired) electrons. The number of Topliss-reactive ketones (excluding diaryl/α,β-unsaturated/α-hetero) is 1. The van der Waals surface area contributed by atoms with Crippen LogP contribution in [0.25, 0.3) is 0 Å². The van der Waals surface area contributed by atoms with E-state index in [1.807, 2.05) is 0 Å². The number of alkyl halides is 2. The van der Waals surface area contributed by atoms with Crippen LogP contribution in [-0.2, 0) is 4.79 Å². The van der Waals surface area contributed by atoms with Crippen molar-refractivity contribution in [3.63, 3.8) is 0 Å². The fourth-order valence-corrected chi connectivity index (χ4v) is 5.00. The summed E-state index contributed by atoms with van der Waals surface area (Å²) in [6, 6.07) is 4.30. The van der Waals surface area contributed by atoms with Crippen LogP contribution in [0.15, 0.2) is 46.9 Å². The lowest BCUT2D eigenvalue weighted by molar-refractivity contribution is -0.145. The highest BCUT2D eigenvalue weighted by Gasteiger charge is 2.52. The number of ketones is 1. The Bertz CT molecular complexity index is 1080. The predicted octanol–water partition coefficient (Wildman–Crippen LogP) is 4.34. The first kappa shape index (κ1) is 22.9. The number of nitrogens with zero attached hydrogens (tertiary/aromatic N) is 2. The molecular weight excluding hydrogens is 432 g/mol. The van der Waals surface area contributed by atoms with Crippen molar-refractivity contribution in [2.75, 3.05) is 14.2 Å². The van der Waals surface area contributed by atoms with Crippen molar-refractivity contribution >= 4 is 23.3 Å². The number of carbonyl (C=O) groups is 2. The second-order valence-electron chi connectivity index (χ2n) is 9.03. The van der Waals surface area contributed by atoms with Gasteiger partial charge in [0.25, 0.3) is 0 Å². The van der Waals surface area contributed by atoms with E-state index in [1.54, 1.807) is 13.1 Å². The summed E-state index contributed by atoms with van der Waals surface area (Å²) in [5.74, 6) is -5.08. The quantitative estimate of drug-likeness (QED) is 0.696. The van der Waals surface area contributed by atoms with E-state index >= 15 is 0 Å². The van der Waals surface area contributed by atoms with Crippen LogP contribution in [0, 0.1) is 17.8 Å². The van der Waals surface area contributed by atoms with Crippen molar-refractivity contribution in [1.29, 1.82) is 0 Å². The van der Waals surface area contributed by atoms with Crippen LogP contribution in [0.1, 0.15) is 43.0 Å². The normalized spacial score (nSPS) is 27.9. The maximum absolute atomic E-state index is 14.8. The number of allylic oxidation sites excluding steroid dienone is 2.